The van der Waals surface area contributed by atoms with E-state index in [-0.39, 0.29) is 11.7 Å². The third-order valence-corrected chi connectivity index (χ3v) is 5.11. The number of Topliss-reactive ketones (excluding diaryl/α,β-unsaturated/α-hetero) is 1. The number of fused-ring (bicyclic) bond motifs is 2. The predicted molar refractivity (Wildman–Crippen MR) is 87.8 cm³/mol. The van der Waals surface area contributed by atoms with Crippen molar-refractivity contribution in [3.05, 3.63) is 52.6 Å². The Balaban J connectivity index is 2.19. The summed E-state index contributed by atoms with van der Waals surface area (Å²) in [5, 5.41) is 9.64. The van der Waals surface area contributed by atoms with Gasteiger partial charge in [0, 0.05) is 11.5 Å². The fraction of sp³-hybridized carbons (Fsp3) is 0.400. The zero-order valence-corrected chi connectivity index (χ0v) is 13.4. The van der Waals surface area contributed by atoms with Crippen molar-refractivity contribution < 1.29 is 4.79 Å². The van der Waals surface area contributed by atoms with Crippen molar-refractivity contribution in [1.82, 2.24) is 0 Å². The van der Waals surface area contributed by atoms with Crippen molar-refractivity contribution in [1.29, 1.82) is 5.26 Å². The molecule has 0 radical (unpaired) electrons. The summed E-state index contributed by atoms with van der Waals surface area (Å²) in [6.45, 7) is 6.14. The molecule has 0 spiro atoms. The van der Waals surface area contributed by atoms with E-state index in [9.17, 15) is 10.1 Å². The van der Waals surface area contributed by atoms with Crippen molar-refractivity contribution in [3.63, 3.8) is 0 Å². The lowest BCUT2D eigenvalue weighted by atomic mass is 9.76. The lowest BCUT2D eigenvalue weighted by Gasteiger charge is -2.24. The third kappa shape index (κ3) is 1.96. The van der Waals surface area contributed by atoms with Gasteiger partial charge in [-0.2, -0.15) is 5.26 Å². The molecule has 2 heteroatoms. The molecule has 0 unspecified atom stereocenters. The Morgan fingerprint density at radius 1 is 1.32 bits per heavy atom. The smallest absolute Gasteiger partial charge is 0.179 e. The van der Waals surface area contributed by atoms with Gasteiger partial charge in [0.15, 0.2) is 5.78 Å². The van der Waals surface area contributed by atoms with Crippen molar-refractivity contribution in [3.8, 4) is 6.07 Å². The van der Waals surface area contributed by atoms with Crippen LogP contribution in [0.15, 0.2) is 47.1 Å². The normalized spacial score (nSPS) is 28.7. The summed E-state index contributed by atoms with van der Waals surface area (Å²) in [6, 6.07) is 12.7. The molecule has 0 amide bonds. The number of carbonyl (C=O) groups is 1. The Hall–Kier alpha value is -2.14. The lowest BCUT2D eigenvalue weighted by Crippen LogP contribution is -2.26. The van der Waals surface area contributed by atoms with Gasteiger partial charge >= 0.3 is 0 Å². The molecule has 2 atom stereocenters. The van der Waals surface area contributed by atoms with Crippen LogP contribution in [0.25, 0.3) is 5.57 Å². The van der Waals surface area contributed by atoms with Crippen LogP contribution >= 0.6 is 0 Å². The van der Waals surface area contributed by atoms with Crippen molar-refractivity contribution in [2.24, 2.45) is 11.3 Å². The van der Waals surface area contributed by atoms with Crippen molar-refractivity contribution in [2.45, 2.75) is 40.0 Å². The van der Waals surface area contributed by atoms with Gasteiger partial charge in [0.05, 0.1) is 6.07 Å². The maximum absolute atomic E-state index is 12.7. The molecule has 1 aromatic rings. The number of carbonyl (C=O) groups excluding carboxylic acids is 1. The summed E-state index contributed by atoms with van der Waals surface area (Å²) in [6.07, 6.45) is 2.22. The van der Waals surface area contributed by atoms with Crippen LogP contribution in [-0.4, -0.2) is 5.78 Å². The molecule has 2 nitrogen and oxygen atoms in total. The molecule has 112 valence electrons. The van der Waals surface area contributed by atoms with E-state index in [0.717, 1.165) is 17.6 Å². The number of allylic oxidation sites excluding steroid dienone is 4. The van der Waals surface area contributed by atoms with E-state index in [2.05, 4.69) is 25.1 Å². The maximum Gasteiger partial charge on any atom is 0.179 e. The van der Waals surface area contributed by atoms with Gasteiger partial charge in [0.2, 0.25) is 0 Å². The van der Waals surface area contributed by atoms with Gasteiger partial charge < -0.3 is 0 Å². The first-order chi connectivity index (χ1) is 10.5. The van der Waals surface area contributed by atoms with Crippen LogP contribution < -0.4 is 0 Å². The Bertz CT molecular complexity index is 729. The van der Waals surface area contributed by atoms with Crippen LogP contribution in [0.5, 0.6) is 0 Å². The van der Waals surface area contributed by atoms with E-state index in [4.69, 9.17) is 0 Å². The van der Waals surface area contributed by atoms with Gasteiger partial charge in [0.25, 0.3) is 0 Å². The average Bonchev–Trinajstić information content (AvgIpc) is 3.03. The van der Waals surface area contributed by atoms with E-state index >= 15 is 0 Å². The first-order valence-corrected chi connectivity index (χ1v) is 7.95. The van der Waals surface area contributed by atoms with Gasteiger partial charge in [0.1, 0.15) is 5.41 Å². The molecule has 2 bridgehead atoms. The van der Waals surface area contributed by atoms with Crippen molar-refractivity contribution >= 4 is 11.4 Å². The molecular formula is C20H21NO. The molecule has 2 saturated carbocycles. The van der Waals surface area contributed by atoms with Crippen LogP contribution in [0.2, 0.25) is 0 Å². The van der Waals surface area contributed by atoms with E-state index in [1.807, 2.05) is 32.0 Å². The molecule has 3 rings (SSSR count). The zero-order valence-electron chi connectivity index (χ0n) is 13.4. The molecule has 22 heavy (non-hydrogen) atoms. The SMILES string of the molecule is CC/C(=C1/C[C@]2(C#N)C[C@H]1C(=C(C)C)C2=O)c1ccccc1. The minimum atomic E-state index is -0.804. The molecule has 0 heterocycles. The van der Waals surface area contributed by atoms with E-state index < -0.39 is 5.41 Å². The Labute approximate surface area is 132 Å². The number of hydrogen-bond donors (Lipinski definition) is 0. The second-order valence-corrected chi connectivity index (χ2v) is 6.59. The van der Waals surface area contributed by atoms with Crippen LogP contribution in [0, 0.1) is 22.7 Å². The number of hydrogen-bond acceptors (Lipinski definition) is 2. The quantitative estimate of drug-likeness (QED) is 0.742. The van der Waals surface area contributed by atoms with Crippen LogP contribution in [0.4, 0.5) is 0 Å². The Kier molecular flexibility index (Phi) is 3.53. The summed E-state index contributed by atoms with van der Waals surface area (Å²) in [5.74, 6) is 0.222. The van der Waals surface area contributed by atoms with Gasteiger partial charge in [-0.3, -0.25) is 4.79 Å². The zero-order chi connectivity index (χ0) is 15.9. The average molecular weight is 291 g/mol. The first kappa shape index (κ1) is 14.8. The molecule has 0 saturated heterocycles. The monoisotopic (exact) mass is 291 g/mol. The summed E-state index contributed by atoms with van der Waals surface area (Å²) >= 11 is 0. The maximum atomic E-state index is 12.7. The highest BCUT2D eigenvalue weighted by Crippen LogP contribution is 2.59. The molecule has 0 aliphatic heterocycles. The van der Waals surface area contributed by atoms with Gasteiger partial charge in [-0.15, -0.1) is 0 Å². The number of ketones is 1. The number of nitrogens with zero attached hydrogens (tertiary/aromatic N) is 1. The highest BCUT2D eigenvalue weighted by atomic mass is 16.1. The molecule has 1 aromatic carbocycles. The number of rotatable bonds is 2. The van der Waals surface area contributed by atoms with Gasteiger partial charge in [-0.1, -0.05) is 48.4 Å². The van der Waals surface area contributed by atoms with Crippen LogP contribution in [0.1, 0.15) is 45.6 Å². The van der Waals surface area contributed by atoms with E-state index in [0.29, 0.717) is 12.8 Å². The van der Waals surface area contributed by atoms with Crippen LogP contribution in [-0.2, 0) is 4.79 Å². The summed E-state index contributed by atoms with van der Waals surface area (Å²) in [4.78, 5) is 12.7. The van der Waals surface area contributed by atoms with Crippen LogP contribution in [0.3, 0.4) is 0 Å². The molecule has 2 aliphatic carbocycles. The van der Waals surface area contributed by atoms with E-state index in [1.54, 1.807) is 0 Å². The van der Waals surface area contributed by atoms with Gasteiger partial charge in [-0.05, 0) is 44.2 Å². The fourth-order valence-corrected chi connectivity index (χ4v) is 4.14. The molecule has 0 aromatic heterocycles. The Morgan fingerprint density at radius 2 is 2.00 bits per heavy atom. The standard InChI is InChI=1S/C20H21NO/c1-4-15(14-8-6-5-7-9-14)16-10-20(12-21)11-17(16)18(13(2)3)19(20)22/h5-9,17H,4,10-11H2,1-3H3/b16-15+/t17-,20-/m1/s1. The summed E-state index contributed by atoms with van der Waals surface area (Å²) in [7, 11) is 0. The number of benzene rings is 1. The predicted octanol–water partition coefficient (Wildman–Crippen LogP) is 4.69. The second kappa shape index (κ2) is 5.25. The molecule has 2 fully saturated rings. The van der Waals surface area contributed by atoms with Crippen molar-refractivity contribution in [2.75, 3.05) is 0 Å². The fourth-order valence-electron chi connectivity index (χ4n) is 4.14. The highest BCUT2D eigenvalue weighted by molar-refractivity contribution is 6.08. The molecule has 0 N–H and O–H groups in total. The second-order valence-electron chi connectivity index (χ2n) is 6.59. The summed E-state index contributed by atoms with van der Waals surface area (Å²) in [5.41, 5.74) is 5.00. The highest BCUT2D eigenvalue weighted by Gasteiger charge is 2.58. The third-order valence-electron chi connectivity index (χ3n) is 5.11. The van der Waals surface area contributed by atoms with Gasteiger partial charge in [-0.25, -0.2) is 0 Å². The first-order valence-electron chi connectivity index (χ1n) is 7.95. The minimum Gasteiger partial charge on any atom is -0.293 e. The van der Waals surface area contributed by atoms with E-state index in [1.165, 1.54) is 16.7 Å². The molecule has 2 aliphatic rings. The lowest BCUT2D eigenvalue weighted by molar-refractivity contribution is -0.120. The minimum absolute atomic E-state index is 0.0762. The number of nitriles is 1. The summed E-state index contributed by atoms with van der Waals surface area (Å²) < 4.78 is 0. The molecular weight excluding hydrogens is 270 g/mol. The Morgan fingerprint density at radius 3 is 2.50 bits per heavy atom. The topological polar surface area (TPSA) is 40.9 Å². The largest absolute Gasteiger partial charge is 0.293 e.